The highest BCUT2D eigenvalue weighted by atomic mass is 16.5. The first-order chi connectivity index (χ1) is 8.79. The van der Waals surface area contributed by atoms with Crippen LogP contribution in [0.3, 0.4) is 0 Å². The molecule has 1 N–H and O–H groups in total. The lowest BCUT2D eigenvalue weighted by atomic mass is 9.88. The van der Waals surface area contributed by atoms with E-state index in [0.29, 0.717) is 6.04 Å². The molecule has 0 bridgehead atoms. The fourth-order valence-corrected chi connectivity index (χ4v) is 2.81. The predicted molar refractivity (Wildman–Crippen MR) is 72.5 cm³/mol. The highest BCUT2D eigenvalue weighted by Crippen LogP contribution is 2.22. The summed E-state index contributed by atoms with van der Waals surface area (Å²) in [5, 5.41) is 7.88. The summed E-state index contributed by atoms with van der Waals surface area (Å²) in [6, 6.07) is 0.624. The van der Waals surface area contributed by atoms with E-state index in [1.54, 1.807) is 0 Å². The van der Waals surface area contributed by atoms with Gasteiger partial charge in [0.1, 0.15) is 0 Å². The van der Waals surface area contributed by atoms with Gasteiger partial charge in [0, 0.05) is 32.5 Å². The van der Waals surface area contributed by atoms with Crippen LogP contribution in [0.25, 0.3) is 0 Å². The van der Waals surface area contributed by atoms with E-state index in [9.17, 15) is 0 Å². The molecule has 1 aliphatic heterocycles. The zero-order valence-electron chi connectivity index (χ0n) is 11.6. The molecule has 102 valence electrons. The zero-order chi connectivity index (χ0) is 12.8. The van der Waals surface area contributed by atoms with Gasteiger partial charge >= 0.3 is 0 Å². The van der Waals surface area contributed by atoms with Crippen molar-refractivity contribution in [2.24, 2.45) is 13.0 Å². The maximum absolute atomic E-state index is 5.45. The molecule has 1 aromatic rings. The summed E-state index contributed by atoms with van der Waals surface area (Å²) >= 11 is 0. The minimum absolute atomic E-state index is 0.624. The molecule has 1 fully saturated rings. The summed E-state index contributed by atoms with van der Waals surface area (Å²) in [5.74, 6) is 0.773. The lowest BCUT2D eigenvalue weighted by Gasteiger charge is -2.31. The first-order valence-corrected chi connectivity index (χ1v) is 7.08. The molecule has 0 spiro atoms. The number of nitrogens with one attached hydrogen (secondary N) is 1. The Bertz CT molecular complexity index is 345. The third-order valence-electron chi connectivity index (χ3n) is 3.80. The highest BCUT2D eigenvalue weighted by Gasteiger charge is 2.23. The molecule has 0 saturated carbocycles. The summed E-state index contributed by atoms with van der Waals surface area (Å²) in [4.78, 5) is 0. The van der Waals surface area contributed by atoms with Crippen molar-refractivity contribution in [3.05, 3.63) is 18.0 Å². The lowest BCUT2D eigenvalue weighted by molar-refractivity contribution is 0.0528. The molecule has 1 aromatic heterocycles. The normalized spacial score (nSPS) is 19.0. The van der Waals surface area contributed by atoms with Crippen LogP contribution in [0, 0.1) is 5.92 Å². The Hall–Kier alpha value is -0.870. The van der Waals surface area contributed by atoms with Gasteiger partial charge in [0.05, 0.1) is 6.20 Å². The molecule has 1 saturated heterocycles. The maximum atomic E-state index is 5.45. The number of ether oxygens (including phenoxy) is 1. The second-order valence-corrected chi connectivity index (χ2v) is 5.17. The quantitative estimate of drug-likeness (QED) is 0.837. The standard InChI is InChI=1S/C14H25N3O/c1-3-15-14(13-6-8-18-9-7-13)5-4-12-10-16-17(2)11-12/h10-11,13-15H,3-9H2,1-2H3. The van der Waals surface area contributed by atoms with Crippen LogP contribution in [0.5, 0.6) is 0 Å². The van der Waals surface area contributed by atoms with Gasteiger partial charge < -0.3 is 10.1 Å². The molecule has 0 aromatic carbocycles. The van der Waals surface area contributed by atoms with Crippen LogP contribution >= 0.6 is 0 Å². The lowest BCUT2D eigenvalue weighted by Crippen LogP contribution is -2.39. The van der Waals surface area contributed by atoms with Crippen molar-refractivity contribution >= 4 is 0 Å². The smallest absolute Gasteiger partial charge is 0.0521 e. The van der Waals surface area contributed by atoms with Gasteiger partial charge in [0.15, 0.2) is 0 Å². The SMILES string of the molecule is CCNC(CCc1cnn(C)c1)C1CCOCC1. The van der Waals surface area contributed by atoms with Crippen molar-refractivity contribution in [2.45, 2.75) is 38.6 Å². The van der Waals surface area contributed by atoms with E-state index in [1.807, 2.05) is 17.9 Å². The Balaban J connectivity index is 1.85. The second-order valence-electron chi connectivity index (χ2n) is 5.17. The van der Waals surface area contributed by atoms with Crippen LogP contribution in [-0.2, 0) is 18.2 Å². The van der Waals surface area contributed by atoms with Crippen molar-refractivity contribution in [3.8, 4) is 0 Å². The van der Waals surface area contributed by atoms with E-state index in [-0.39, 0.29) is 0 Å². The summed E-state index contributed by atoms with van der Waals surface area (Å²) in [6.07, 6.45) is 8.81. The fraction of sp³-hybridized carbons (Fsp3) is 0.786. The van der Waals surface area contributed by atoms with Gasteiger partial charge in [0.25, 0.3) is 0 Å². The summed E-state index contributed by atoms with van der Waals surface area (Å²) in [6.45, 7) is 5.10. The molecule has 2 rings (SSSR count). The summed E-state index contributed by atoms with van der Waals surface area (Å²) < 4.78 is 7.33. The van der Waals surface area contributed by atoms with Crippen LogP contribution in [0.2, 0.25) is 0 Å². The van der Waals surface area contributed by atoms with E-state index in [1.165, 1.54) is 24.8 Å². The molecule has 2 heterocycles. The van der Waals surface area contributed by atoms with Gasteiger partial charge in [-0.25, -0.2) is 0 Å². The fourth-order valence-electron chi connectivity index (χ4n) is 2.81. The number of aromatic nitrogens is 2. The third-order valence-corrected chi connectivity index (χ3v) is 3.80. The van der Waals surface area contributed by atoms with Crippen LogP contribution in [0.15, 0.2) is 12.4 Å². The molecular weight excluding hydrogens is 226 g/mol. The minimum atomic E-state index is 0.624. The number of nitrogens with zero attached hydrogens (tertiary/aromatic N) is 2. The van der Waals surface area contributed by atoms with Crippen LogP contribution < -0.4 is 5.32 Å². The van der Waals surface area contributed by atoms with Gasteiger partial charge in [-0.2, -0.15) is 5.10 Å². The van der Waals surface area contributed by atoms with Crippen LogP contribution in [0.4, 0.5) is 0 Å². The van der Waals surface area contributed by atoms with Gasteiger partial charge in [0.2, 0.25) is 0 Å². The summed E-state index contributed by atoms with van der Waals surface area (Å²) in [5.41, 5.74) is 1.34. The van der Waals surface area contributed by atoms with Crippen molar-refractivity contribution in [3.63, 3.8) is 0 Å². The van der Waals surface area contributed by atoms with Crippen molar-refractivity contribution in [1.82, 2.24) is 15.1 Å². The molecule has 1 unspecified atom stereocenters. The van der Waals surface area contributed by atoms with E-state index < -0.39 is 0 Å². The predicted octanol–water partition coefficient (Wildman–Crippen LogP) is 1.76. The Kier molecular flexibility index (Phi) is 5.20. The number of aryl methyl sites for hydroxylation is 2. The number of hydrogen-bond donors (Lipinski definition) is 1. The largest absolute Gasteiger partial charge is 0.381 e. The van der Waals surface area contributed by atoms with Crippen molar-refractivity contribution in [1.29, 1.82) is 0 Å². The average Bonchev–Trinajstić information content (AvgIpc) is 2.81. The molecular formula is C14H25N3O. The van der Waals surface area contributed by atoms with E-state index >= 15 is 0 Å². The average molecular weight is 251 g/mol. The molecule has 0 amide bonds. The molecule has 4 nitrogen and oxygen atoms in total. The van der Waals surface area contributed by atoms with E-state index in [4.69, 9.17) is 4.74 Å². The van der Waals surface area contributed by atoms with E-state index in [0.717, 1.165) is 32.1 Å². The van der Waals surface area contributed by atoms with E-state index in [2.05, 4.69) is 23.5 Å². The van der Waals surface area contributed by atoms with Gasteiger partial charge in [-0.15, -0.1) is 0 Å². The third kappa shape index (κ3) is 3.82. The molecule has 4 heteroatoms. The Morgan fingerprint density at radius 3 is 2.89 bits per heavy atom. The Labute approximate surface area is 110 Å². The number of rotatable bonds is 6. The Morgan fingerprint density at radius 2 is 2.28 bits per heavy atom. The second kappa shape index (κ2) is 6.90. The molecule has 1 aliphatic rings. The first-order valence-electron chi connectivity index (χ1n) is 7.08. The van der Waals surface area contributed by atoms with Gasteiger partial charge in [-0.3, -0.25) is 4.68 Å². The topological polar surface area (TPSA) is 39.1 Å². The maximum Gasteiger partial charge on any atom is 0.0521 e. The molecule has 18 heavy (non-hydrogen) atoms. The van der Waals surface area contributed by atoms with Crippen molar-refractivity contribution < 1.29 is 4.74 Å². The number of hydrogen-bond acceptors (Lipinski definition) is 3. The molecule has 1 atom stereocenters. The van der Waals surface area contributed by atoms with Crippen LogP contribution in [0.1, 0.15) is 31.7 Å². The Morgan fingerprint density at radius 1 is 1.50 bits per heavy atom. The molecule has 0 aliphatic carbocycles. The van der Waals surface area contributed by atoms with Gasteiger partial charge in [-0.05, 0) is 43.7 Å². The van der Waals surface area contributed by atoms with Crippen LogP contribution in [-0.4, -0.2) is 35.6 Å². The monoisotopic (exact) mass is 251 g/mol. The summed E-state index contributed by atoms with van der Waals surface area (Å²) in [7, 11) is 1.98. The van der Waals surface area contributed by atoms with Crippen molar-refractivity contribution in [2.75, 3.05) is 19.8 Å². The molecule has 0 radical (unpaired) electrons. The highest BCUT2D eigenvalue weighted by molar-refractivity contribution is 5.04. The van der Waals surface area contributed by atoms with Gasteiger partial charge in [-0.1, -0.05) is 6.92 Å². The first kappa shape index (κ1) is 13.6. The zero-order valence-corrected chi connectivity index (χ0v) is 11.6. The minimum Gasteiger partial charge on any atom is -0.381 e.